The van der Waals surface area contributed by atoms with E-state index >= 15 is 0 Å². The Hall–Kier alpha value is -1.98. The third-order valence-corrected chi connectivity index (χ3v) is 2.35. The lowest BCUT2D eigenvalue weighted by Gasteiger charge is -2.12. The molecule has 0 spiro atoms. The highest BCUT2D eigenvalue weighted by molar-refractivity contribution is 6.12. The molecular formula is C19H38N2O4. The van der Waals surface area contributed by atoms with E-state index in [1.54, 1.807) is 0 Å². The van der Waals surface area contributed by atoms with Crippen LogP contribution in [0.1, 0.15) is 80.1 Å². The second kappa shape index (κ2) is 30.0. The number of nitrogens with two attached hydrogens (primary N) is 1. The molecular weight excluding hydrogens is 320 g/mol. The van der Waals surface area contributed by atoms with Gasteiger partial charge in [-0.2, -0.15) is 0 Å². The van der Waals surface area contributed by atoms with Gasteiger partial charge in [0.25, 0.3) is 11.8 Å². The van der Waals surface area contributed by atoms with Crippen molar-refractivity contribution >= 4 is 24.5 Å². The summed E-state index contributed by atoms with van der Waals surface area (Å²) in [6, 6.07) is 0. The van der Waals surface area contributed by atoms with Crippen molar-refractivity contribution in [2.45, 2.75) is 80.1 Å². The lowest BCUT2D eigenvalue weighted by Crippen LogP contribution is -2.30. The van der Waals surface area contributed by atoms with Crippen molar-refractivity contribution in [2.24, 2.45) is 5.73 Å². The predicted octanol–water partition coefficient (Wildman–Crippen LogP) is 3.63. The standard InChI is InChI=1S/C11H15NO3.C3H8.2C2H6.CH3NO/c13-9-5-3-1-2-4-8-12-10(14)6-7-11(12)15;1-3-2;2*1-2;2-1-3/h6-7,9H,1-5,8H2;3H2,1-2H3;2*1-2H3;1H,(H2,2,3). The molecule has 0 aromatic heterocycles. The lowest BCUT2D eigenvalue weighted by atomic mass is 10.1. The average Bonchev–Trinajstić information content (AvgIpc) is 2.94. The highest BCUT2D eigenvalue weighted by Crippen LogP contribution is 2.07. The van der Waals surface area contributed by atoms with Crippen LogP contribution in [0.2, 0.25) is 0 Å². The van der Waals surface area contributed by atoms with E-state index in [-0.39, 0.29) is 18.2 Å². The summed E-state index contributed by atoms with van der Waals surface area (Å²) >= 11 is 0. The van der Waals surface area contributed by atoms with Crippen LogP contribution in [0.4, 0.5) is 0 Å². The molecule has 0 aliphatic carbocycles. The number of carbonyl (C=O) groups excluding carboxylic acids is 4. The molecule has 0 unspecified atom stereocenters. The summed E-state index contributed by atoms with van der Waals surface area (Å²) in [5, 5.41) is 0. The van der Waals surface area contributed by atoms with Gasteiger partial charge in [0.05, 0.1) is 0 Å². The van der Waals surface area contributed by atoms with Gasteiger partial charge in [-0.1, -0.05) is 60.8 Å². The minimum atomic E-state index is -0.215. The molecule has 6 heteroatoms. The van der Waals surface area contributed by atoms with Gasteiger partial charge in [0, 0.05) is 25.1 Å². The molecule has 6 nitrogen and oxygen atoms in total. The van der Waals surface area contributed by atoms with Gasteiger partial charge in [0.2, 0.25) is 6.41 Å². The zero-order chi connectivity index (χ0) is 20.5. The van der Waals surface area contributed by atoms with Crippen LogP contribution in [0.5, 0.6) is 0 Å². The molecule has 1 aliphatic rings. The van der Waals surface area contributed by atoms with Crippen LogP contribution in [0.15, 0.2) is 12.2 Å². The Morgan fingerprint density at radius 1 is 0.880 bits per heavy atom. The quantitative estimate of drug-likeness (QED) is 0.427. The van der Waals surface area contributed by atoms with Crippen molar-refractivity contribution in [1.82, 2.24) is 4.90 Å². The largest absolute Gasteiger partial charge is 0.372 e. The summed E-state index contributed by atoms with van der Waals surface area (Å²) in [6.45, 7) is 12.7. The second-order valence-corrected chi connectivity index (χ2v) is 4.37. The fraction of sp³-hybridized carbons (Fsp3) is 0.684. The van der Waals surface area contributed by atoms with Gasteiger partial charge >= 0.3 is 0 Å². The highest BCUT2D eigenvalue weighted by atomic mass is 16.2. The molecule has 0 bridgehead atoms. The van der Waals surface area contributed by atoms with Crippen LogP contribution < -0.4 is 5.73 Å². The van der Waals surface area contributed by atoms with E-state index in [1.807, 2.05) is 27.7 Å². The van der Waals surface area contributed by atoms with Crippen LogP contribution in [-0.2, 0) is 19.2 Å². The van der Waals surface area contributed by atoms with Gasteiger partial charge in [0.1, 0.15) is 6.29 Å². The first-order valence-corrected chi connectivity index (χ1v) is 9.21. The summed E-state index contributed by atoms with van der Waals surface area (Å²) < 4.78 is 0. The number of hydrogen-bond acceptors (Lipinski definition) is 4. The first-order valence-electron chi connectivity index (χ1n) is 9.21. The van der Waals surface area contributed by atoms with Crippen molar-refractivity contribution in [2.75, 3.05) is 6.54 Å². The Bertz CT molecular complexity index is 324. The van der Waals surface area contributed by atoms with Gasteiger partial charge < -0.3 is 10.5 Å². The van der Waals surface area contributed by atoms with Gasteiger partial charge in [-0.25, -0.2) is 0 Å². The molecule has 0 saturated heterocycles. The Morgan fingerprint density at radius 2 is 1.24 bits per heavy atom. The zero-order valence-corrected chi connectivity index (χ0v) is 16.9. The topological polar surface area (TPSA) is 97.5 Å². The number of primary amides is 1. The molecule has 1 aliphatic heterocycles. The van der Waals surface area contributed by atoms with E-state index in [9.17, 15) is 14.4 Å². The van der Waals surface area contributed by atoms with Crippen LogP contribution in [0, 0.1) is 0 Å². The maximum atomic E-state index is 11.1. The fourth-order valence-corrected chi connectivity index (χ4v) is 1.50. The zero-order valence-electron chi connectivity index (χ0n) is 16.9. The van der Waals surface area contributed by atoms with E-state index in [0.29, 0.717) is 13.0 Å². The van der Waals surface area contributed by atoms with Crippen molar-refractivity contribution in [3.8, 4) is 0 Å². The minimum absolute atomic E-state index is 0.215. The summed E-state index contributed by atoms with van der Waals surface area (Å²) in [5.41, 5.74) is 4.17. The Kier molecular flexibility index (Phi) is 37.0. The number of hydrogen-bond donors (Lipinski definition) is 1. The number of imide groups is 1. The second-order valence-electron chi connectivity index (χ2n) is 4.37. The first-order chi connectivity index (χ1) is 12.1. The van der Waals surface area contributed by atoms with E-state index < -0.39 is 0 Å². The molecule has 148 valence electrons. The smallest absolute Gasteiger partial charge is 0.253 e. The summed E-state index contributed by atoms with van der Waals surface area (Å²) in [5.74, 6) is -0.430. The van der Waals surface area contributed by atoms with Gasteiger partial charge in [-0.15, -0.1) is 0 Å². The monoisotopic (exact) mass is 358 g/mol. The predicted molar refractivity (Wildman–Crippen MR) is 104 cm³/mol. The van der Waals surface area contributed by atoms with Crippen LogP contribution in [0.3, 0.4) is 0 Å². The van der Waals surface area contributed by atoms with Crippen molar-refractivity contribution in [3.63, 3.8) is 0 Å². The van der Waals surface area contributed by atoms with Crippen LogP contribution >= 0.6 is 0 Å². The van der Waals surface area contributed by atoms with Crippen LogP contribution in [0.25, 0.3) is 0 Å². The summed E-state index contributed by atoms with van der Waals surface area (Å²) in [4.78, 5) is 42.1. The Morgan fingerprint density at radius 3 is 1.60 bits per heavy atom. The van der Waals surface area contributed by atoms with Crippen molar-refractivity contribution < 1.29 is 19.2 Å². The third-order valence-electron chi connectivity index (χ3n) is 2.35. The van der Waals surface area contributed by atoms with E-state index in [0.717, 1.165) is 32.0 Å². The van der Waals surface area contributed by atoms with Crippen LogP contribution in [-0.4, -0.2) is 36.0 Å². The summed E-state index contributed by atoms with van der Waals surface area (Å²) in [6.07, 6.45) is 9.25. The molecule has 0 fully saturated rings. The molecule has 0 aromatic carbocycles. The summed E-state index contributed by atoms with van der Waals surface area (Å²) in [7, 11) is 0. The number of rotatable bonds is 7. The molecule has 1 heterocycles. The van der Waals surface area contributed by atoms with Crippen molar-refractivity contribution in [1.29, 1.82) is 0 Å². The maximum absolute atomic E-state index is 11.1. The lowest BCUT2D eigenvalue weighted by molar-refractivity contribution is -0.136. The molecule has 0 atom stereocenters. The molecule has 0 radical (unpaired) electrons. The number of carbonyl (C=O) groups is 4. The molecule has 25 heavy (non-hydrogen) atoms. The normalized spacial score (nSPS) is 10.7. The number of unbranched alkanes of at least 4 members (excludes halogenated alkanes) is 4. The highest BCUT2D eigenvalue weighted by Gasteiger charge is 2.21. The van der Waals surface area contributed by atoms with Crippen molar-refractivity contribution in [3.05, 3.63) is 12.2 Å². The van der Waals surface area contributed by atoms with Gasteiger partial charge in [-0.05, 0) is 12.8 Å². The average molecular weight is 359 g/mol. The first kappa shape index (κ1) is 30.9. The van der Waals surface area contributed by atoms with E-state index in [4.69, 9.17) is 4.79 Å². The van der Waals surface area contributed by atoms with Gasteiger partial charge in [-0.3, -0.25) is 19.3 Å². The third kappa shape index (κ3) is 24.4. The van der Waals surface area contributed by atoms with E-state index in [1.165, 1.54) is 23.5 Å². The SMILES string of the molecule is CC.CC.CCC.NC=O.O=CCCCCCCN1C(=O)C=CC1=O. The molecule has 3 amide bonds. The number of amides is 3. The molecule has 0 aromatic rings. The molecule has 1 rings (SSSR count). The fourth-order valence-electron chi connectivity index (χ4n) is 1.50. The number of aldehydes is 1. The minimum Gasteiger partial charge on any atom is -0.372 e. The molecule has 0 saturated carbocycles. The van der Waals surface area contributed by atoms with Gasteiger partial charge in [0.15, 0.2) is 0 Å². The Balaban J connectivity index is -0.000000186. The Labute approximate surface area is 153 Å². The van der Waals surface area contributed by atoms with E-state index in [2.05, 4.69) is 19.6 Å². The number of nitrogens with zero attached hydrogens (tertiary/aromatic N) is 1. The molecule has 2 N–H and O–H groups in total. The maximum Gasteiger partial charge on any atom is 0.253 e.